The number of aromatic nitrogens is 2. The third-order valence-corrected chi connectivity index (χ3v) is 4.39. The first-order valence-corrected chi connectivity index (χ1v) is 8.00. The topological polar surface area (TPSA) is 20.5 Å². The Balaban J connectivity index is 2.10. The van der Waals surface area contributed by atoms with Gasteiger partial charge in [0.15, 0.2) is 10.8 Å². The molecule has 0 fully saturated rings. The molecular formula is C15H16ClN3S. The highest BCUT2D eigenvalue weighted by Crippen LogP contribution is 2.31. The van der Waals surface area contributed by atoms with Crippen LogP contribution in [0.3, 0.4) is 0 Å². The second kappa shape index (κ2) is 5.46. The van der Waals surface area contributed by atoms with E-state index in [2.05, 4.69) is 47.4 Å². The van der Waals surface area contributed by atoms with Crippen LogP contribution in [0, 0.1) is 6.92 Å². The maximum Gasteiger partial charge on any atom is 0.195 e. The number of anilines is 2. The van der Waals surface area contributed by atoms with E-state index < -0.39 is 0 Å². The first kappa shape index (κ1) is 13.5. The predicted octanol–water partition coefficient (Wildman–Crippen LogP) is 4.60. The number of aryl methyl sites for hydroxylation is 1. The lowest BCUT2D eigenvalue weighted by molar-refractivity contribution is 0.981. The third kappa shape index (κ3) is 2.19. The van der Waals surface area contributed by atoms with Crippen LogP contribution in [0.1, 0.15) is 18.2 Å². The molecular weight excluding hydrogens is 290 g/mol. The molecule has 0 radical (unpaired) electrons. The van der Waals surface area contributed by atoms with Crippen LogP contribution in [0.15, 0.2) is 35.8 Å². The van der Waals surface area contributed by atoms with Crippen LogP contribution in [-0.2, 0) is 5.88 Å². The summed E-state index contributed by atoms with van der Waals surface area (Å²) in [4.78, 5) is 7.93. The van der Waals surface area contributed by atoms with Gasteiger partial charge in [0.25, 0.3) is 0 Å². The molecule has 0 unspecified atom stereocenters. The molecule has 0 aliphatic heterocycles. The summed E-state index contributed by atoms with van der Waals surface area (Å²) in [6.07, 6.45) is 2.02. The number of thiazole rings is 1. The maximum atomic E-state index is 6.14. The Morgan fingerprint density at radius 3 is 2.70 bits per heavy atom. The van der Waals surface area contributed by atoms with E-state index in [0.29, 0.717) is 5.88 Å². The minimum atomic E-state index is 0.454. The smallest absolute Gasteiger partial charge is 0.195 e. The summed E-state index contributed by atoms with van der Waals surface area (Å²) < 4.78 is 2.07. The van der Waals surface area contributed by atoms with E-state index in [1.54, 1.807) is 11.3 Å². The summed E-state index contributed by atoms with van der Waals surface area (Å²) >= 11 is 7.77. The Morgan fingerprint density at radius 2 is 2.05 bits per heavy atom. The zero-order valence-corrected chi connectivity index (χ0v) is 13.1. The van der Waals surface area contributed by atoms with Gasteiger partial charge in [-0.1, -0.05) is 17.7 Å². The van der Waals surface area contributed by atoms with Gasteiger partial charge < -0.3 is 4.90 Å². The van der Waals surface area contributed by atoms with E-state index in [9.17, 15) is 0 Å². The van der Waals surface area contributed by atoms with Crippen LogP contribution in [0.2, 0.25) is 0 Å². The van der Waals surface area contributed by atoms with Gasteiger partial charge in [0.1, 0.15) is 0 Å². The summed E-state index contributed by atoms with van der Waals surface area (Å²) in [6, 6.07) is 8.50. The summed E-state index contributed by atoms with van der Waals surface area (Å²) in [6.45, 7) is 5.08. The average Bonchev–Trinajstić information content (AvgIpc) is 3.02. The van der Waals surface area contributed by atoms with Crippen molar-refractivity contribution in [2.75, 3.05) is 11.4 Å². The van der Waals surface area contributed by atoms with Crippen molar-refractivity contribution in [1.82, 2.24) is 9.38 Å². The van der Waals surface area contributed by atoms with Gasteiger partial charge in [-0.2, -0.15) is 0 Å². The van der Waals surface area contributed by atoms with E-state index in [1.807, 2.05) is 11.6 Å². The van der Waals surface area contributed by atoms with Gasteiger partial charge in [0.05, 0.1) is 11.6 Å². The molecule has 0 saturated heterocycles. The minimum Gasteiger partial charge on any atom is -0.325 e. The molecule has 1 aromatic carbocycles. The quantitative estimate of drug-likeness (QED) is 0.657. The fourth-order valence-corrected chi connectivity index (χ4v) is 3.32. The zero-order chi connectivity index (χ0) is 14.1. The minimum absolute atomic E-state index is 0.454. The molecule has 0 saturated carbocycles. The molecule has 104 valence electrons. The molecule has 0 atom stereocenters. The number of nitrogens with zero attached hydrogens (tertiary/aromatic N) is 3. The van der Waals surface area contributed by atoms with Crippen LogP contribution in [-0.4, -0.2) is 15.9 Å². The Kier molecular flexibility index (Phi) is 3.68. The largest absolute Gasteiger partial charge is 0.325 e. The van der Waals surface area contributed by atoms with Crippen molar-refractivity contribution >= 4 is 39.4 Å². The van der Waals surface area contributed by atoms with Crippen molar-refractivity contribution < 1.29 is 0 Å². The van der Waals surface area contributed by atoms with Crippen molar-refractivity contribution in [2.24, 2.45) is 0 Å². The molecule has 5 heteroatoms. The number of hydrogen-bond acceptors (Lipinski definition) is 3. The molecule has 0 spiro atoms. The molecule has 20 heavy (non-hydrogen) atoms. The first-order valence-electron chi connectivity index (χ1n) is 6.59. The number of alkyl halides is 1. The summed E-state index contributed by atoms with van der Waals surface area (Å²) in [5.41, 5.74) is 3.45. The lowest BCUT2D eigenvalue weighted by Crippen LogP contribution is -2.17. The molecule has 0 amide bonds. The van der Waals surface area contributed by atoms with E-state index in [4.69, 9.17) is 16.6 Å². The Labute approximate surface area is 127 Å². The number of fused-ring (bicyclic) bond motifs is 1. The second-order valence-electron chi connectivity index (χ2n) is 4.65. The average molecular weight is 306 g/mol. The number of hydrogen-bond donors (Lipinski definition) is 0. The van der Waals surface area contributed by atoms with Crippen LogP contribution in [0.5, 0.6) is 0 Å². The molecule has 0 aliphatic carbocycles. The van der Waals surface area contributed by atoms with Gasteiger partial charge >= 0.3 is 0 Å². The molecule has 3 nitrogen and oxygen atoms in total. The summed E-state index contributed by atoms with van der Waals surface area (Å²) in [5.74, 6) is 1.41. The van der Waals surface area contributed by atoms with E-state index in [-0.39, 0.29) is 0 Å². The first-order chi connectivity index (χ1) is 9.74. The fraction of sp³-hybridized carbons (Fsp3) is 0.267. The standard InChI is InChI=1S/C15H16ClN3S/c1-3-18(12-6-4-11(2)5-7-12)14-13(10-16)19-8-9-20-15(19)17-14/h4-9H,3,10H2,1-2H3. The molecule has 2 heterocycles. The summed E-state index contributed by atoms with van der Waals surface area (Å²) in [7, 11) is 0. The molecule has 0 bridgehead atoms. The van der Waals surface area contributed by atoms with Crippen molar-refractivity contribution in [1.29, 1.82) is 0 Å². The predicted molar refractivity (Wildman–Crippen MR) is 86.5 cm³/mol. The van der Waals surface area contributed by atoms with Crippen molar-refractivity contribution in [3.8, 4) is 0 Å². The number of rotatable bonds is 4. The van der Waals surface area contributed by atoms with Gasteiger partial charge in [0.2, 0.25) is 0 Å². The van der Waals surface area contributed by atoms with Crippen molar-refractivity contribution in [3.05, 3.63) is 47.1 Å². The number of halogens is 1. The van der Waals surface area contributed by atoms with E-state index in [1.165, 1.54) is 5.56 Å². The van der Waals surface area contributed by atoms with Crippen LogP contribution < -0.4 is 4.90 Å². The Morgan fingerprint density at radius 1 is 1.30 bits per heavy atom. The molecule has 0 N–H and O–H groups in total. The van der Waals surface area contributed by atoms with Crippen LogP contribution in [0.4, 0.5) is 11.5 Å². The van der Waals surface area contributed by atoms with Gasteiger partial charge in [-0.3, -0.25) is 4.40 Å². The van der Waals surface area contributed by atoms with E-state index in [0.717, 1.165) is 28.7 Å². The van der Waals surface area contributed by atoms with Gasteiger partial charge in [-0.05, 0) is 26.0 Å². The highest BCUT2D eigenvalue weighted by Gasteiger charge is 2.18. The van der Waals surface area contributed by atoms with E-state index >= 15 is 0 Å². The third-order valence-electron chi connectivity index (χ3n) is 3.38. The Hall–Kier alpha value is -1.52. The lowest BCUT2D eigenvalue weighted by Gasteiger charge is -2.22. The molecule has 3 rings (SSSR count). The van der Waals surface area contributed by atoms with Crippen LogP contribution in [0.25, 0.3) is 4.96 Å². The zero-order valence-electron chi connectivity index (χ0n) is 11.5. The van der Waals surface area contributed by atoms with Gasteiger partial charge in [-0.25, -0.2) is 4.98 Å². The fourth-order valence-electron chi connectivity index (χ4n) is 2.34. The number of benzene rings is 1. The monoisotopic (exact) mass is 305 g/mol. The molecule has 2 aromatic heterocycles. The van der Waals surface area contributed by atoms with Gasteiger partial charge in [0, 0.05) is 23.8 Å². The Bertz CT molecular complexity index is 714. The van der Waals surface area contributed by atoms with Crippen molar-refractivity contribution in [2.45, 2.75) is 19.7 Å². The van der Waals surface area contributed by atoms with Crippen LogP contribution >= 0.6 is 22.9 Å². The molecule has 3 aromatic rings. The SMILES string of the molecule is CCN(c1ccc(C)cc1)c1nc2sccn2c1CCl. The van der Waals surface area contributed by atoms with Crippen molar-refractivity contribution in [3.63, 3.8) is 0 Å². The maximum absolute atomic E-state index is 6.14. The summed E-state index contributed by atoms with van der Waals surface area (Å²) in [5, 5.41) is 2.03. The normalized spacial score (nSPS) is 11.2. The van der Waals surface area contributed by atoms with Gasteiger partial charge in [-0.15, -0.1) is 22.9 Å². The highest BCUT2D eigenvalue weighted by atomic mass is 35.5. The lowest BCUT2D eigenvalue weighted by atomic mass is 10.2. The second-order valence-corrected chi connectivity index (χ2v) is 5.79. The number of imidazole rings is 1. The highest BCUT2D eigenvalue weighted by molar-refractivity contribution is 7.15. The molecule has 0 aliphatic rings.